The monoisotopic (exact) mass is 386 g/mol. The van der Waals surface area contributed by atoms with Crippen molar-refractivity contribution in [2.45, 2.75) is 37.5 Å². The second-order valence-corrected chi connectivity index (χ2v) is 7.53. The Labute approximate surface area is 151 Å². The molecule has 0 saturated heterocycles. The van der Waals surface area contributed by atoms with Gasteiger partial charge >= 0.3 is 0 Å². The predicted octanol–water partition coefficient (Wildman–Crippen LogP) is 4.20. The summed E-state index contributed by atoms with van der Waals surface area (Å²) >= 11 is 3.48. The Balaban J connectivity index is 1.55. The minimum Gasteiger partial charge on any atom is -0.399 e. The first-order valence-corrected chi connectivity index (χ1v) is 9.24. The second kappa shape index (κ2) is 7.39. The van der Waals surface area contributed by atoms with Gasteiger partial charge in [-0.3, -0.25) is 4.79 Å². The number of anilines is 1. The SMILES string of the molecule is Nc1ccccc1CCC(=O)NCC1(c2ccc(Br)cc2)CCC1. The molecule has 1 saturated carbocycles. The number of hydrogen-bond acceptors (Lipinski definition) is 2. The van der Waals surface area contributed by atoms with Gasteiger partial charge in [0.05, 0.1) is 0 Å². The van der Waals surface area contributed by atoms with Crippen molar-refractivity contribution in [1.29, 1.82) is 0 Å². The van der Waals surface area contributed by atoms with Crippen molar-refractivity contribution in [2.75, 3.05) is 12.3 Å². The fourth-order valence-electron chi connectivity index (χ4n) is 3.34. The molecular formula is C20H23BrN2O. The van der Waals surface area contributed by atoms with E-state index in [4.69, 9.17) is 5.73 Å². The highest BCUT2D eigenvalue weighted by atomic mass is 79.9. The lowest BCUT2D eigenvalue weighted by Gasteiger charge is -2.42. The van der Waals surface area contributed by atoms with Gasteiger partial charge in [-0.2, -0.15) is 0 Å². The molecule has 1 amide bonds. The van der Waals surface area contributed by atoms with Gasteiger partial charge in [0.1, 0.15) is 0 Å². The highest BCUT2D eigenvalue weighted by Gasteiger charge is 2.38. The van der Waals surface area contributed by atoms with Gasteiger partial charge in [-0.15, -0.1) is 0 Å². The standard InChI is InChI=1S/C20H23BrN2O/c21-17-9-7-16(8-10-17)20(12-3-13-20)14-23-19(24)11-6-15-4-1-2-5-18(15)22/h1-2,4-5,7-10H,3,6,11-14,22H2,(H,23,24). The van der Waals surface area contributed by atoms with Gasteiger partial charge in [0.2, 0.25) is 5.91 Å². The van der Waals surface area contributed by atoms with Crippen LogP contribution in [0.3, 0.4) is 0 Å². The number of nitrogens with two attached hydrogens (primary N) is 1. The highest BCUT2D eigenvalue weighted by molar-refractivity contribution is 9.10. The van der Waals surface area contributed by atoms with Gasteiger partial charge in [0.25, 0.3) is 0 Å². The number of rotatable bonds is 6. The average Bonchev–Trinajstić information content (AvgIpc) is 2.54. The molecule has 0 atom stereocenters. The van der Waals surface area contributed by atoms with Gasteiger partial charge in [0, 0.05) is 28.5 Å². The van der Waals surface area contributed by atoms with E-state index in [1.807, 2.05) is 24.3 Å². The maximum atomic E-state index is 12.2. The molecule has 126 valence electrons. The van der Waals surface area contributed by atoms with Crippen LogP contribution in [-0.4, -0.2) is 12.5 Å². The molecule has 0 radical (unpaired) electrons. The normalized spacial score (nSPS) is 15.5. The lowest BCUT2D eigenvalue weighted by molar-refractivity contribution is -0.121. The molecule has 0 spiro atoms. The molecule has 3 nitrogen and oxygen atoms in total. The first kappa shape index (κ1) is 17.0. The number of aryl methyl sites for hydroxylation is 1. The smallest absolute Gasteiger partial charge is 0.220 e. The molecule has 3 N–H and O–H groups in total. The number of carbonyl (C=O) groups excluding carboxylic acids is 1. The molecule has 0 aromatic heterocycles. The minimum absolute atomic E-state index is 0.0987. The van der Waals surface area contributed by atoms with Crippen LogP contribution in [0.5, 0.6) is 0 Å². The summed E-state index contributed by atoms with van der Waals surface area (Å²) in [7, 11) is 0. The summed E-state index contributed by atoms with van der Waals surface area (Å²) in [4.78, 5) is 12.2. The zero-order chi connectivity index (χ0) is 17.0. The van der Waals surface area contributed by atoms with Crippen molar-refractivity contribution >= 4 is 27.5 Å². The Morgan fingerprint density at radius 3 is 2.46 bits per heavy atom. The van der Waals surface area contributed by atoms with Crippen LogP contribution in [-0.2, 0) is 16.6 Å². The Bertz CT molecular complexity index is 708. The van der Waals surface area contributed by atoms with Crippen LogP contribution in [0.2, 0.25) is 0 Å². The quantitative estimate of drug-likeness (QED) is 0.730. The zero-order valence-electron chi connectivity index (χ0n) is 13.7. The summed E-state index contributed by atoms with van der Waals surface area (Å²) in [6.07, 6.45) is 4.67. The fourth-order valence-corrected chi connectivity index (χ4v) is 3.61. The Morgan fingerprint density at radius 2 is 1.83 bits per heavy atom. The van der Waals surface area contributed by atoms with E-state index in [2.05, 4.69) is 45.5 Å². The van der Waals surface area contributed by atoms with E-state index in [1.165, 1.54) is 12.0 Å². The fraction of sp³-hybridized carbons (Fsp3) is 0.350. The number of nitrogen functional groups attached to an aromatic ring is 1. The number of carbonyl (C=O) groups is 1. The molecule has 2 aromatic carbocycles. The maximum Gasteiger partial charge on any atom is 0.220 e. The van der Waals surface area contributed by atoms with Crippen LogP contribution >= 0.6 is 15.9 Å². The van der Waals surface area contributed by atoms with Crippen LogP contribution in [0, 0.1) is 0 Å². The summed E-state index contributed by atoms with van der Waals surface area (Å²) in [6, 6.07) is 16.2. The average molecular weight is 387 g/mol. The van der Waals surface area contributed by atoms with Crippen molar-refractivity contribution < 1.29 is 4.79 Å². The predicted molar refractivity (Wildman–Crippen MR) is 102 cm³/mol. The molecule has 1 aliphatic rings. The number of amides is 1. The first-order valence-electron chi connectivity index (χ1n) is 8.45. The van der Waals surface area contributed by atoms with Crippen LogP contribution < -0.4 is 11.1 Å². The Kier molecular flexibility index (Phi) is 5.24. The number of benzene rings is 2. The van der Waals surface area contributed by atoms with E-state index in [0.29, 0.717) is 12.8 Å². The van der Waals surface area contributed by atoms with Crippen molar-refractivity contribution in [3.63, 3.8) is 0 Å². The second-order valence-electron chi connectivity index (χ2n) is 6.62. The number of hydrogen-bond donors (Lipinski definition) is 2. The van der Waals surface area contributed by atoms with E-state index < -0.39 is 0 Å². The van der Waals surface area contributed by atoms with Crippen molar-refractivity contribution in [3.8, 4) is 0 Å². The largest absolute Gasteiger partial charge is 0.399 e. The molecule has 1 fully saturated rings. The maximum absolute atomic E-state index is 12.2. The van der Waals surface area contributed by atoms with Gasteiger partial charge < -0.3 is 11.1 Å². The summed E-state index contributed by atoms with van der Waals surface area (Å²) < 4.78 is 1.09. The summed E-state index contributed by atoms with van der Waals surface area (Å²) in [5.41, 5.74) is 9.17. The molecule has 0 unspecified atom stereocenters. The van der Waals surface area contributed by atoms with Crippen molar-refractivity contribution in [1.82, 2.24) is 5.32 Å². The lowest BCUT2D eigenvalue weighted by atomic mass is 9.64. The van der Waals surface area contributed by atoms with E-state index in [-0.39, 0.29) is 11.3 Å². The molecule has 0 aliphatic heterocycles. The molecule has 0 heterocycles. The third-order valence-corrected chi connectivity index (χ3v) is 5.60. The van der Waals surface area contributed by atoms with Crippen LogP contribution in [0.15, 0.2) is 53.0 Å². The van der Waals surface area contributed by atoms with Crippen LogP contribution in [0.4, 0.5) is 5.69 Å². The highest BCUT2D eigenvalue weighted by Crippen LogP contribution is 2.43. The van der Waals surface area contributed by atoms with E-state index >= 15 is 0 Å². The van der Waals surface area contributed by atoms with Crippen molar-refractivity contribution in [3.05, 3.63) is 64.1 Å². The zero-order valence-corrected chi connectivity index (χ0v) is 15.3. The third kappa shape index (κ3) is 3.81. The van der Waals surface area contributed by atoms with Crippen LogP contribution in [0.1, 0.15) is 36.8 Å². The van der Waals surface area contributed by atoms with Gasteiger partial charge in [0.15, 0.2) is 0 Å². The summed E-state index contributed by atoms with van der Waals surface area (Å²) in [6.45, 7) is 0.720. The summed E-state index contributed by atoms with van der Waals surface area (Å²) in [5.74, 6) is 0.0987. The minimum atomic E-state index is 0.0987. The van der Waals surface area contributed by atoms with Crippen LogP contribution in [0.25, 0.3) is 0 Å². The van der Waals surface area contributed by atoms with Gasteiger partial charge in [-0.1, -0.05) is 52.7 Å². The van der Waals surface area contributed by atoms with Crippen molar-refractivity contribution in [2.24, 2.45) is 0 Å². The number of halogens is 1. The first-order chi connectivity index (χ1) is 11.6. The van der Waals surface area contributed by atoms with E-state index in [1.54, 1.807) is 0 Å². The Morgan fingerprint density at radius 1 is 1.12 bits per heavy atom. The Hall–Kier alpha value is -1.81. The van der Waals surface area contributed by atoms with Gasteiger partial charge in [-0.25, -0.2) is 0 Å². The molecule has 2 aromatic rings. The summed E-state index contributed by atoms with van der Waals surface area (Å²) in [5, 5.41) is 3.14. The molecular weight excluding hydrogens is 364 g/mol. The van der Waals surface area contributed by atoms with E-state index in [0.717, 1.165) is 35.1 Å². The van der Waals surface area contributed by atoms with Gasteiger partial charge in [-0.05, 0) is 48.6 Å². The third-order valence-electron chi connectivity index (χ3n) is 5.07. The lowest BCUT2D eigenvalue weighted by Crippen LogP contribution is -2.45. The number of para-hydroxylation sites is 1. The molecule has 4 heteroatoms. The molecule has 0 bridgehead atoms. The van der Waals surface area contributed by atoms with E-state index in [9.17, 15) is 4.79 Å². The topological polar surface area (TPSA) is 55.1 Å². The molecule has 1 aliphatic carbocycles. The number of nitrogens with one attached hydrogen (secondary N) is 1. The molecule has 24 heavy (non-hydrogen) atoms. The molecule has 3 rings (SSSR count).